The molecule has 0 atom stereocenters. The van der Waals surface area contributed by atoms with Gasteiger partial charge in [0, 0.05) is 31.0 Å². The van der Waals surface area contributed by atoms with Gasteiger partial charge in [0.15, 0.2) is 0 Å². The Balaban J connectivity index is 1.29. The van der Waals surface area contributed by atoms with Crippen LogP contribution in [-0.4, -0.2) is 34.0 Å². The lowest BCUT2D eigenvalue weighted by molar-refractivity contribution is -0.901. The number of nitrogens with one attached hydrogen (secondary N) is 2. The van der Waals surface area contributed by atoms with Gasteiger partial charge in [0.2, 0.25) is 5.91 Å². The van der Waals surface area contributed by atoms with Gasteiger partial charge in [-0.05, 0) is 17.2 Å². The van der Waals surface area contributed by atoms with Gasteiger partial charge in [-0.25, -0.2) is 4.68 Å². The number of amides is 1. The summed E-state index contributed by atoms with van der Waals surface area (Å²) in [6.07, 6.45) is 7.68. The predicted molar refractivity (Wildman–Crippen MR) is 117 cm³/mol. The second-order valence-electron chi connectivity index (χ2n) is 7.78. The van der Waals surface area contributed by atoms with Gasteiger partial charge >= 0.3 is 0 Å². The zero-order valence-electron chi connectivity index (χ0n) is 17.1. The molecule has 0 unspecified atom stereocenters. The Bertz CT molecular complexity index is 990. The minimum absolute atomic E-state index is 0.129. The van der Waals surface area contributed by atoms with Crippen molar-refractivity contribution in [1.29, 1.82) is 0 Å². The van der Waals surface area contributed by atoms with Crippen LogP contribution in [0.5, 0.6) is 0 Å². The van der Waals surface area contributed by atoms with Crippen molar-refractivity contribution in [2.24, 2.45) is 0 Å². The minimum atomic E-state index is -0.129. The molecule has 0 radical (unpaired) electrons. The van der Waals surface area contributed by atoms with Crippen molar-refractivity contribution in [2.75, 3.05) is 13.1 Å². The summed E-state index contributed by atoms with van der Waals surface area (Å²) in [6.45, 7) is 4.71. The maximum Gasteiger partial charge on any atom is 0.244 e. The van der Waals surface area contributed by atoms with E-state index in [0.717, 1.165) is 12.1 Å². The summed E-state index contributed by atoms with van der Waals surface area (Å²) in [6, 6.07) is 18.5. The van der Waals surface area contributed by atoms with Crippen LogP contribution in [0.1, 0.15) is 35.2 Å². The molecule has 6 nitrogen and oxygen atoms in total. The average Bonchev–Trinajstić information content (AvgIpc) is 3.44. The van der Waals surface area contributed by atoms with Gasteiger partial charge in [-0.15, -0.1) is 5.10 Å². The van der Waals surface area contributed by atoms with Crippen molar-refractivity contribution in [3.05, 3.63) is 89.3 Å². The van der Waals surface area contributed by atoms with Crippen LogP contribution in [0.4, 0.5) is 0 Å². The highest BCUT2D eigenvalue weighted by atomic mass is 16.1. The Morgan fingerprint density at radius 3 is 2.57 bits per heavy atom. The van der Waals surface area contributed by atoms with Gasteiger partial charge in [0.25, 0.3) is 0 Å². The summed E-state index contributed by atoms with van der Waals surface area (Å²) in [7, 11) is 0. The first kappa shape index (κ1) is 20.0. The lowest BCUT2D eigenvalue weighted by Crippen LogP contribution is -3.08. The van der Waals surface area contributed by atoms with E-state index in [9.17, 15) is 4.79 Å². The van der Waals surface area contributed by atoms with Gasteiger partial charge in [-0.2, -0.15) is 0 Å². The molecule has 154 valence electrons. The molecule has 0 aliphatic carbocycles. The molecular formula is C24H28N5O+. The minimum Gasteiger partial charge on any atom is -0.348 e. The Labute approximate surface area is 177 Å². The average molecular weight is 403 g/mol. The van der Waals surface area contributed by atoms with Crippen LogP contribution < -0.4 is 10.2 Å². The second-order valence-corrected chi connectivity index (χ2v) is 7.78. The first-order valence-corrected chi connectivity index (χ1v) is 10.6. The molecule has 30 heavy (non-hydrogen) atoms. The van der Waals surface area contributed by atoms with Crippen molar-refractivity contribution >= 4 is 12.0 Å². The molecule has 1 aliphatic heterocycles. The third-order valence-electron chi connectivity index (χ3n) is 5.47. The molecule has 1 amide bonds. The lowest BCUT2D eigenvalue weighted by atomic mass is 10.1. The van der Waals surface area contributed by atoms with Gasteiger partial charge < -0.3 is 10.2 Å². The van der Waals surface area contributed by atoms with Crippen molar-refractivity contribution in [1.82, 2.24) is 20.3 Å². The highest BCUT2D eigenvalue weighted by molar-refractivity contribution is 5.91. The third kappa shape index (κ3) is 5.64. The van der Waals surface area contributed by atoms with Gasteiger partial charge in [-0.1, -0.05) is 59.8 Å². The molecule has 1 aromatic heterocycles. The fourth-order valence-electron chi connectivity index (χ4n) is 3.86. The fourth-order valence-corrected chi connectivity index (χ4v) is 3.86. The van der Waals surface area contributed by atoms with Gasteiger partial charge in [0.05, 0.1) is 25.8 Å². The summed E-state index contributed by atoms with van der Waals surface area (Å²) in [5.74, 6) is -0.129. The Morgan fingerprint density at radius 1 is 1.03 bits per heavy atom. The Morgan fingerprint density at radius 2 is 1.77 bits per heavy atom. The van der Waals surface area contributed by atoms with E-state index in [-0.39, 0.29) is 5.91 Å². The highest BCUT2D eigenvalue weighted by Crippen LogP contribution is 2.08. The normalized spacial score (nSPS) is 14.4. The number of likely N-dealkylation sites (tertiary alicyclic amines) is 1. The molecule has 0 spiro atoms. The van der Waals surface area contributed by atoms with Crippen LogP contribution in [0.15, 0.2) is 66.9 Å². The van der Waals surface area contributed by atoms with Crippen LogP contribution in [0, 0.1) is 0 Å². The molecule has 1 saturated heterocycles. The molecular weight excluding hydrogens is 374 g/mol. The second kappa shape index (κ2) is 9.98. The number of hydrogen-bond donors (Lipinski definition) is 2. The number of quaternary nitrogens is 1. The van der Waals surface area contributed by atoms with Crippen molar-refractivity contribution in [3.8, 4) is 0 Å². The van der Waals surface area contributed by atoms with Crippen molar-refractivity contribution in [3.63, 3.8) is 0 Å². The monoisotopic (exact) mass is 402 g/mol. The van der Waals surface area contributed by atoms with Crippen LogP contribution >= 0.6 is 0 Å². The molecule has 0 bridgehead atoms. The molecule has 4 rings (SSSR count). The quantitative estimate of drug-likeness (QED) is 0.565. The topological polar surface area (TPSA) is 64.2 Å². The number of rotatable bonds is 8. The molecule has 2 aromatic carbocycles. The van der Waals surface area contributed by atoms with E-state index in [0.29, 0.717) is 18.8 Å². The highest BCUT2D eigenvalue weighted by Gasteiger charge is 2.17. The number of hydrogen-bond acceptors (Lipinski definition) is 3. The Kier molecular flexibility index (Phi) is 6.67. The fraction of sp³-hybridized carbons (Fsp3) is 0.292. The molecule has 2 heterocycles. The van der Waals surface area contributed by atoms with E-state index in [4.69, 9.17) is 0 Å². The number of benzene rings is 2. The first-order chi connectivity index (χ1) is 14.8. The zero-order valence-corrected chi connectivity index (χ0v) is 17.1. The summed E-state index contributed by atoms with van der Waals surface area (Å²) >= 11 is 0. The molecule has 1 aliphatic rings. The van der Waals surface area contributed by atoms with E-state index in [1.54, 1.807) is 15.7 Å². The smallest absolute Gasteiger partial charge is 0.244 e. The molecule has 0 saturated carbocycles. The van der Waals surface area contributed by atoms with Gasteiger partial charge in [-0.3, -0.25) is 4.79 Å². The van der Waals surface area contributed by atoms with Crippen molar-refractivity contribution < 1.29 is 9.69 Å². The van der Waals surface area contributed by atoms with E-state index < -0.39 is 0 Å². The maximum atomic E-state index is 12.3. The van der Waals surface area contributed by atoms with Crippen LogP contribution in [-0.2, 0) is 24.4 Å². The van der Waals surface area contributed by atoms with Crippen LogP contribution in [0.3, 0.4) is 0 Å². The molecule has 1 fully saturated rings. The summed E-state index contributed by atoms with van der Waals surface area (Å²) < 4.78 is 1.77. The standard InChI is InChI=1S/C24H27N5O/c30-24(13-12-23-19-29(27-26-23)17-20-8-2-1-3-9-20)25-16-21-10-4-5-11-22(21)18-28-14-6-7-15-28/h1-5,8-13,19H,6-7,14-18H2,(H,25,30)/p+1/b13-12+. The zero-order chi connectivity index (χ0) is 20.6. The molecule has 2 N–H and O–H groups in total. The summed E-state index contributed by atoms with van der Waals surface area (Å²) in [4.78, 5) is 13.9. The molecule has 6 heteroatoms. The predicted octanol–water partition coefficient (Wildman–Crippen LogP) is 1.83. The van der Waals surface area contributed by atoms with E-state index in [2.05, 4.69) is 33.8 Å². The SMILES string of the molecule is O=C(/C=C/c1cn(Cc2ccccc2)nn1)NCc1ccccc1C[NH+]1CCCC1. The third-order valence-corrected chi connectivity index (χ3v) is 5.47. The van der Waals surface area contributed by atoms with Crippen LogP contribution in [0.25, 0.3) is 6.08 Å². The summed E-state index contributed by atoms with van der Waals surface area (Å²) in [5, 5.41) is 11.2. The number of aromatic nitrogens is 3. The lowest BCUT2D eigenvalue weighted by Gasteiger charge is -2.15. The Hall–Kier alpha value is -3.25. The van der Waals surface area contributed by atoms with E-state index in [1.807, 2.05) is 42.6 Å². The van der Waals surface area contributed by atoms with Crippen molar-refractivity contribution in [2.45, 2.75) is 32.5 Å². The maximum absolute atomic E-state index is 12.3. The number of carbonyl (C=O) groups is 1. The first-order valence-electron chi connectivity index (χ1n) is 10.6. The largest absolute Gasteiger partial charge is 0.348 e. The molecule has 3 aromatic rings. The summed E-state index contributed by atoms with van der Waals surface area (Å²) in [5.41, 5.74) is 4.33. The number of carbonyl (C=O) groups excluding carboxylic acids is 1. The number of nitrogens with zero attached hydrogens (tertiary/aromatic N) is 3. The van der Waals surface area contributed by atoms with E-state index in [1.165, 1.54) is 43.1 Å². The van der Waals surface area contributed by atoms with Gasteiger partial charge in [0.1, 0.15) is 12.2 Å². The van der Waals surface area contributed by atoms with E-state index >= 15 is 0 Å². The van der Waals surface area contributed by atoms with Crippen LogP contribution in [0.2, 0.25) is 0 Å².